The summed E-state index contributed by atoms with van der Waals surface area (Å²) in [6.07, 6.45) is 3.73. The molecule has 0 unspecified atom stereocenters. The lowest BCUT2D eigenvalue weighted by molar-refractivity contribution is -0.116. The molecule has 1 aliphatic rings. The zero-order valence-corrected chi connectivity index (χ0v) is 12.5. The molecule has 1 amide bonds. The van der Waals surface area contributed by atoms with Crippen LogP contribution in [0.1, 0.15) is 25.7 Å². The van der Waals surface area contributed by atoms with E-state index < -0.39 is 0 Å². The molecule has 104 valence electrons. The number of rotatable bonds is 5. The Hall–Kier alpha value is -1.07. The first-order valence-electron chi connectivity index (χ1n) is 6.44. The van der Waals surface area contributed by atoms with Crippen molar-refractivity contribution < 1.29 is 14.3 Å². The first kappa shape index (κ1) is 14.3. The maximum Gasteiger partial charge on any atom is 0.224 e. The van der Waals surface area contributed by atoms with Gasteiger partial charge in [-0.25, -0.2) is 0 Å². The van der Waals surface area contributed by atoms with Crippen LogP contribution in [0.3, 0.4) is 0 Å². The number of ether oxygens (including phenoxy) is 2. The van der Waals surface area contributed by atoms with Crippen molar-refractivity contribution in [3.63, 3.8) is 0 Å². The highest BCUT2D eigenvalue weighted by Gasteiger charge is 2.16. The fourth-order valence-corrected chi connectivity index (χ4v) is 2.67. The third-order valence-corrected chi connectivity index (χ3v) is 3.77. The molecule has 1 saturated heterocycles. The molecule has 19 heavy (non-hydrogen) atoms. The van der Waals surface area contributed by atoms with Gasteiger partial charge in [-0.2, -0.15) is 0 Å². The van der Waals surface area contributed by atoms with Crippen LogP contribution in [0.2, 0.25) is 0 Å². The summed E-state index contributed by atoms with van der Waals surface area (Å²) < 4.78 is 11.5. The molecule has 0 saturated carbocycles. The number of methoxy groups -OCH3 is 1. The molecule has 1 fully saturated rings. The largest absolute Gasteiger partial charge is 0.496 e. The van der Waals surface area contributed by atoms with E-state index in [1.807, 2.05) is 18.2 Å². The average Bonchev–Trinajstić information content (AvgIpc) is 2.90. The lowest BCUT2D eigenvalue weighted by atomic mass is 10.1. The smallest absolute Gasteiger partial charge is 0.224 e. The van der Waals surface area contributed by atoms with Gasteiger partial charge in [0.25, 0.3) is 0 Å². The van der Waals surface area contributed by atoms with Crippen LogP contribution in [0.25, 0.3) is 0 Å². The lowest BCUT2D eigenvalue weighted by Gasteiger charge is -2.10. The Morgan fingerprint density at radius 2 is 2.42 bits per heavy atom. The molecule has 1 aliphatic heterocycles. The fraction of sp³-hybridized carbons (Fsp3) is 0.500. The van der Waals surface area contributed by atoms with E-state index in [0.717, 1.165) is 41.8 Å². The van der Waals surface area contributed by atoms with Crippen LogP contribution in [0, 0.1) is 0 Å². The maximum atomic E-state index is 11.8. The monoisotopic (exact) mass is 327 g/mol. The number of hydrogen-bond donors (Lipinski definition) is 1. The highest BCUT2D eigenvalue weighted by Crippen LogP contribution is 2.27. The van der Waals surface area contributed by atoms with Crippen molar-refractivity contribution in [3.8, 4) is 5.75 Å². The van der Waals surface area contributed by atoms with Gasteiger partial charge in [-0.3, -0.25) is 4.79 Å². The molecular weight excluding hydrogens is 310 g/mol. The molecule has 0 aliphatic carbocycles. The highest BCUT2D eigenvalue weighted by atomic mass is 79.9. The van der Waals surface area contributed by atoms with Gasteiger partial charge in [0, 0.05) is 18.7 Å². The van der Waals surface area contributed by atoms with Crippen molar-refractivity contribution in [1.29, 1.82) is 0 Å². The molecule has 2 rings (SSSR count). The summed E-state index contributed by atoms with van der Waals surface area (Å²) in [5, 5.41) is 2.88. The minimum absolute atomic E-state index is 0.0209. The minimum atomic E-state index is 0.0209. The summed E-state index contributed by atoms with van der Waals surface area (Å²) in [4.78, 5) is 11.8. The molecule has 1 N–H and O–H groups in total. The van der Waals surface area contributed by atoms with E-state index in [9.17, 15) is 4.79 Å². The zero-order valence-electron chi connectivity index (χ0n) is 10.9. The number of carbonyl (C=O) groups excluding carboxylic acids is 1. The predicted molar refractivity (Wildman–Crippen MR) is 77.5 cm³/mol. The molecule has 0 aromatic heterocycles. The molecule has 1 atom stereocenters. The highest BCUT2D eigenvalue weighted by molar-refractivity contribution is 9.10. The predicted octanol–water partition coefficient (Wildman–Crippen LogP) is 3.36. The standard InChI is InChI=1S/C14H18BrNO3/c1-18-13-6-4-10(9-12(13)15)16-14(17)7-5-11-3-2-8-19-11/h4,6,9,11H,2-3,5,7-8H2,1H3,(H,16,17)/t11-/m1/s1. The van der Waals surface area contributed by atoms with Gasteiger partial charge in [0.2, 0.25) is 5.91 Å². The number of carbonyl (C=O) groups is 1. The molecule has 5 heteroatoms. The summed E-state index contributed by atoms with van der Waals surface area (Å²) >= 11 is 3.39. The van der Waals surface area contributed by atoms with Crippen molar-refractivity contribution in [3.05, 3.63) is 22.7 Å². The Bertz CT molecular complexity index is 444. The molecule has 1 heterocycles. The fourth-order valence-electron chi connectivity index (χ4n) is 2.13. The van der Waals surface area contributed by atoms with Gasteiger partial charge >= 0.3 is 0 Å². The van der Waals surface area contributed by atoms with E-state index in [4.69, 9.17) is 9.47 Å². The van der Waals surface area contributed by atoms with Gasteiger partial charge in [0.05, 0.1) is 17.7 Å². The van der Waals surface area contributed by atoms with Crippen molar-refractivity contribution in [2.75, 3.05) is 19.0 Å². The average molecular weight is 328 g/mol. The quantitative estimate of drug-likeness (QED) is 0.902. The number of benzene rings is 1. The minimum Gasteiger partial charge on any atom is -0.496 e. The summed E-state index contributed by atoms with van der Waals surface area (Å²) in [7, 11) is 1.61. The van der Waals surface area contributed by atoms with E-state index in [1.54, 1.807) is 7.11 Å². The van der Waals surface area contributed by atoms with Crippen molar-refractivity contribution in [2.45, 2.75) is 31.8 Å². The molecule has 1 aromatic carbocycles. The van der Waals surface area contributed by atoms with Crippen LogP contribution in [0.15, 0.2) is 22.7 Å². The molecular formula is C14H18BrNO3. The maximum absolute atomic E-state index is 11.8. The molecule has 0 radical (unpaired) electrons. The normalized spacial score (nSPS) is 18.3. The SMILES string of the molecule is COc1ccc(NC(=O)CC[C@H]2CCCO2)cc1Br. The zero-order chi connectivity index (χ0) is 13.7. The van der Waals surface area contributed by atoms with Crippen LogP contribution in [0.4, 0.5) is 5.69 Å². The first-order chi connectivity index (χ1) is 9.19. The first-order valence-corrected chi connectivity index (χ1v) is 7.23. The van der Waals surface area contributed by atoms with E-state index in [-0.39, 0.29) is 12.0 Å². The third kappa shape index (κ3) is 4.21. The second-order valence-corrected chi connectivity index (χ2v) is 5.43. The van der Waals surface area contributed by atoms with Gasteiger partial charge in [-0.15, -0.1) is 0 Å². The molecule has 0 spiro atoms. The Morgan fingerprint density at radius 3 is 3.05 bits per heavy atom. The van der Waals surface area contributed by atoms with Crippen LogP contribution >= 0.6 is 15.9 Å². The number of amides is 1. The summed E-state index contributed by atoms with van der Waals surface area (Å²) in [6.45, 7) is 0.831. The molecule has 0 bridgehead atoms. The van der Waals surface area contributed by atoms with E-state index in [1.165, 1.54) is 0 Å². The number of nitrogens with one attached hydrogen (secondary N) is 1. The van der Waals surface area contributed by atoms with E-state index >= 15 is 0 Å². The van der Waals surface area contributed by atoms with Crippen LogP contribution in [0.5, 0.6) is 5.75 Å². The van der Waals surface area contributed by atoms with Gasteiger partial charge in [-0.1, -0.05) is 0 Å². The Labute approximate surface area is 121 Å². The van der Waals surface area contributed by atoms with Gasteiger partial charge in [0.15, 0.2) is 0 Å². The number of halogens is 1. The number of hydrogen-bond acceptors (Lipinski definition) is 3. The number of anilines is 1. The Morgan fingerprint density at radius 1 is 1.58 bits per heavy atom. The molecule has 4 nitrogen and oxygen atoms in total. The Kier molecular flexibility index (Phi) is 5.22. The van der Waals surface area contributed by atoms with E-state index in [0.29, 0.717) is 6.42 Å². The third-order valence-electron chi connectivity index (χ3n) is 3.15. The van der Waals surface area contributed by atoms with E-state index in [2.05, 4.69) is 21.2 Å². The van der Waals surface area contributed by atoms with Gasteiger partial charge < -0.3 is 14.8 Å². The van der Waals surface area contributed by atoms with Crippen LogP contribution < -0.4 is 10.1 Å². The van der Waals surface area contributed by atoms with Crippen molar-refractivity contribution in [2.24, 2.45) is 0 Å². The van der Waals surface area contributed by atoms with Gasteiger partial charge in [-0.05, 0) is 53.4 Å². The van der Waals surface area contributed by atoms with Crippen LogP contribution in [-0.2, 0) is 9.53 Å². The summed E-state index contributed by atoms with van der Waals surface area (Å²) in [5.74, 6) is 0.768. The second-order valence-electron chi connectivity index (χ2n) is 4.57. The summed E-state index contributed by atoms with van der Waals surface area (Å²) in [5.41, 5.74) is 0.769. The van der Waals surface area contributed by atoms with Crippen LogP contribution in [-0.4, -0.2) is 25.7 Å². The topological polar surface area (TPSA) is 47.6 Å². The second kappa shape index (κ2) is 6.91. The van der Waals surface area contributed by atoms with Gasteiger partial charge in [0.1, 0.15) is 5.75 Å². The summed E-state index contributed by atoms with van der Waals surface area (Å²) in [6, 6.07) is 5.48. The van der Waals surface area contributed by atoms with Crippen molar-refractivity contribution in [1.82, 2.24) is 0 Å². The van der Waals surface area contributed by atoms with Crippen molar-refractivity contribution >= 4 is 27.5 Å². The Balaban J connectivity index is 1.82. The lowest BCUT2D eigenvalue weighted by Crippen LogP contribution is -2.15. The molecule has 1 aromatic rings.